The second-order valence-corrected chi connectivity index (χ2v) is 1.52. The Balaban J connectivity index is 0.000000371. The third kappa shape index (κ3) is 1.90. The monoisotopic (exact) mass is 137 g/mol. The first-order valence-electron chi connectivity index (χ1n) is 3.24. The Bertz CT molecular complexity index is 219. The predicted octanol–water partition coefficient (Wildman–Crippen LogP) is 1.62. The zero-order chi connectivity index (χ0) is 7.98. The van der Waals surface area contributed by atoms with E-state index in [1.54, 1.807) is 0 Å². The van der Waals surface area contributed by atoms with Crippen molar-refractivity contribution in [1.29, 1.82) is 5.26 Å². The van der Waals surface area contributed by atoms with Crippen molar-refractivity contribution in [3.63, 3.8) is 0 Å². The molecular formula is C7H11N3. The number of nitriles is 1. The molecule has 0 amide bonds. The molecular weight excluding hydrogens is 126 g/mol. The molecule has 0 atom stereocenters. The van der Waals surface area contributed by atoms with E-state index < -0.39 is 0 Å². The van der Waals surface area contributed by atoms with Crippen molar-refractivity contribution in [2.24, 2.45) is 0 Å². The van der Waals surface area contributed by atoms with Crippen LogP contribution in [0.25, 0.3) is 0 Å². The van der Waals surface area contributed by atoms with Gasteiger partial charge in [-0.2, -0.15) is 10.4 Å². The summed E-state index contributed by atoms with van der Waals surface area (Å²) in [5.74, 6) is 0. The fourth-order valence-corrected chi connectivity index (χ4v) is 0.463. The number of H-pyrrole nitrogens is 1. The van der Waals surface area contributed by atoms with Crippen molar-refractivity contribution in [1.82, 2.24) is 10.2 Å². The van der Waals surface area contributed by atoms with Crippen molar-refractivity contribution < 1.29 is 0 Å². The predicted molar refractivity (Wildman–Crippen MR) is 39.4 cm³/mol. The van der Waals surface area contributed by atoms with Crippen molar-refractivity contribution in [3.05, 3.63) is 17.5 Å². The van der Waals surface area contributed by atoms with Gasteiger partial charge in [0, 0.05) is 5.69 Å². The van der Waals surface area contributed by atoms with E-state index in [0.29, 0.717) is 5.56 Å². The van der Waals surface area contributed by atoms with Crippen LogP contribution in [0.4, 0.5) is 0 Å². The second kappa shape index (κ2) is 4.57. The van der Waals surface area contributed by atoms with Gasteiger partial charge in [-0.05, 0) is 6.92 Å². The summed E-state index contributed by atoms with van der Waals surface area (Å²) in [5.41, 5.74) is 1.44. The molecule has 0 aliphatic carbocycles. The average molecular weight is 137 g/mol. The summed E-state index contributed by atoms with van der Waals surface area (Å²) in [4.78, 5) is 0. The Hall–Kier alpha value is -1.30. The summed E-state index contributed by atoms with van der Waals surface area (Å²) < 4.78 is 0. The maximum absolute atomic E-state index is 8.30. The third-order valence-corrected chi connectivity index (χ3v) is 0.950. The van der Waals surface area contributed by atoms with Gasteiger partial charge in [0.1, 0.15) is 6.07 Å². The van der Waals surface area contributed by atoms with E-state index in [4.69, 9.17) is 5.26 Å². The molecule has 1 aromatic heterocycles. The highest BCUT2D eigenvalue weighted by Crippen LogP contribution is 1.97. The van der Waals surface area contributed by atoms with Gasteiger partial charge < -0.3 is 0 Å². The summed E-state index contributed by atoms with van der Waals surface area (Å²) in [6.07, 6.45) is 1.51. The number of hydrogen-bond acceptors (Lipinski definition) is 2. The van der Waals surface area contributed by atoms with E-state index in [9.17, 15) is 0 Å². The molecule has 1 N–H and O–H groups in total. The molecule has 0 aliphatic heterocycles. The molecule has 0 saturated heterocycles. The Morgan fingerprint density at radius 1 is 1.60 bits per heavy atom. The molecule has 0 spiro atoms. The second-order valence-electron chi connectivity index (χ2n) is 1.52. The molecule has 10 heavy (non-hydrogen) atoms. The number of hydrogen-bond donors (Lipinski definition) is 1. The first-order chi connectivity index (χ1) is 4.84. The molecule has 0 unspecified atom stereocenters. The lowest BCUT2D eigenvalue weighted by molar-refractivity contribution is 1.05. The third-order valence-electron chi connectivity index (χ3n) is 0.950. The molecule has 1 heterocycles. The Labute approximate surface area is 60.7 Å². The quantitative estimate of drug-likeness (QED) is 0.590. The minimum absolute atomic E-state index is 0.616. The molecule has 0 fully saturated rings. The molecule has 0 radical (unpaired) electrons. The molecule has 3 heteroatoms. The number of aromatic nitrogens is 2. The highest BCUT2D eigenvalue weighted by atomic mass is 15.1. The normalized spacial score (nSPS) is 7.40. The van der Waals surface area contributed by atoms with Gasteiger partial charge in [-0.3, -0.25) is 5.10 Å². The van der Waals surface area contributed by atoms with E-state index in [0.717, 1.165) is 5.69 Å². The summed E-state index contributed by atoms with van der Waals surface area (Å²) in [6, 6.07) is 1.98. The Morgan fingerprint density at radius 3 is 2.40 bits per heavy atom. The van der Waals surface area contributed by atoms with E-state index in [1.165, 1.54) is 6.20 Å². The van der Waals surface area contributed by atoms with Crippen LogP contribution in [-0.4, -0.2) is 10.2 Å². The smallest absolute Gasteiger partial charge is 0.103 e. The minimum atomic E-state index is 0.616. The van der Waals surface area contributed by atoms with Crippen molar-refractivity contribution in [2.75, 3.05) is 0 Å². The van der Waals surface area contributed by atoms with E-state index >= 15 is 0 Å². The van der Waals surface area contributed by atoms with Crippen molar-refractivity contribution >= 4 is 0 Å². The van der Waals surface area contributed by atoms with Crippen LogP contribution in [0, 0.1) is 18.3 Å². The summed E-state index contributed by atoms with van der Waals surface area (Å²) in [5, 5.41) is 14.6. The Kier molecular flexibility index (Phi) is 3.97. The fourth-order valence-electron chi connectivity index (χ4n) is 0.463. The standard InChI is InChI=1S/C5H5N3.C2H6/c1-4-5(2-6)3-7-8-4;1-2/h3H,1H3,(H,7,8);1-2H3. The topological polar surface area (TPSA) is 52.5 Å². The van der Waals surface area contributed by atoms with Crippen molar-refractivity contribution in [2.45, 2.75) is 20.8 Å². The Morgan fingerprint density at radius 2 is 2.20 bits per heavy atom. The fraction of sp³-hybridized carbons (Fsp3) is 0.429. The maximum Gasteiger partial charge on any atom is 0.103 e. The highest BCUT2D eigenvalue weighted by Gasteiger charge is 1.93. The maximum atomic E-state index is 8.30. The van der Waals surface area contributed by atoms with Gasteiger partial charge in [0.25, 0.3) is 0 Å². The SMILES string of the molecule is CC.Cc1[nH]ncc1C#N. The summed E-state index contributed by atoms with van der Waals surface area (Å²) >= 11 is 0. The first-order valence-corrected chi connectivity index (χ1v) is 3.24. The lowest BCUT2D eigenvalue weighted by Gasteiger charge is -1.76. The van der Waals surface area contributed by atoms with Gasteiger partial charge in [0.05, 0.1) is 11.8 Å². The largest absolute Gasteiger partial charge is 0.281 e. The van der Waals surface area contributed by atoms with Crippen LogP contribution < -0.4 is 0 Å². The van der Waals surface area contributed by atoms with Crippen molar-refractivity contribution in [3.8, 4) is 6.07 Å². The molecule has 3 nitrogen and oxygen atoms in total. The lowest BCUT2D eigenvalue weighted by atomic mass is 10.3. The van der Waals surface area contributed by atoms with Gasteiger partial charge in [-0.15, -0.1) is 0 Å². The molecule has 0 bridgehead atoms. The van der Waals surface area contributed by atoms with Gasteiger partial charge in [0.2, 0.25) is 0 Å². The van der Waals surface area contributed by atoms with Gasteiger partial charge in [-0.1, -0.05) is 13.8 Å². The summed E-state index contributed by atoms with van der Waals surface area (Å²) in [6.45, 7) is 5.81. The van der Waals surface area contributed by atoms with Gasteiger partial charge in [-0.25, -0.2) is 0 Å². The van der Waals surface area contributed by atoms with Crippen LogP contribution in [-0.2, 0) is 0 Å². The van der Waals surface area contributed by atoms with Gasteiger partial charge in [0.15, 0.2) is 0 Å². The van der Waals surface area contributed by atoms with Crippen LogP contribution in [0.3, 0.4) is 0 Å². The lowest BCUT2D eigenvalue weighted by Crippen LogP contribution is -1.72. The van der Waals surface area contributed by atoms with Crippen LogP contribution in [0.5, 0.6) is 0 Å². The first kappa shape index (κ1) is 8.70. The average Bonchev–Trinajstić information content (AvgIpc) is 2.39. The van der Waals surface area contributed by atoms with Gasteiger partial charge >= 0.3 is 0 Å². The number of nitrogens with zero attached hydrogens (tertiary/aromatic N) is 2. The number of aryl methyl sites for hydroxylation is 1. The summed E-state index contributed by atoms with van der Waals surface area (Å²) in [7, 11) is 0. The van der Waals surface area contributed by atoms with Crippen LogP contribution in [0.15, 0.2) is 6.20 Å². The molecule has 0 aromatic carbocycles. The van der Waals surface area contributed by atoms with Crippen LogP contribution in [0.1, 0.15) is 25.1 Å². The zero-order valence-corrected chi connectivity index (χ0v) is 6.47. The number of aromatic amines is 1. The molecule has 54 valence electrons. The molecule has 1 aromatic rings. The van der Waals surface area contributed by atoms with Crippen LogP contribution in [0.2, 0.25) is 0 Å². The molecule has 1 rings (SSSR count). The number of rotatable bonds is 0. The van der Waals surface area contributed by atoms with E-state index in [1.807, 2.05) is 26.8 Å². The molecule has 0 saturated carbocycles. The van der Waals surface area contributed by atoms with E-state index in [-0.39, 0.29) is 0 Å². The van der Waals surface area contributed by atoms with Crippen LogP contribution >= 0.6 is 0 Å². The molecule has 0 aliphatic rings. The zero-order valence-electron chi connectivity index (χ0n) is 6.47. The number of nitrogens with one attached hydrogen (secondary N) is 1. The van der Waals surface area contributed by atoms with E-state index in [2.05, 4.69) is 10.2 Å². The minimum Gasteiger partial charge on any atom is -0.281 e. The highest BCUT2D eigenvalue weighted by molar-refractivity contribution is 5.28.